The van der Waals surface area contributed by atoms with E-state index in [2.05, 4.69) is 0 Å². The highest BCUT2D eigenvalue weighted by atomic mass is 32.2. The van der Waals surface area contributed by atoms with Gasteiger partial charge in [0.1, 0.15) is 17.1 Å². The van der Waals surface area contributed by atoms with Crippen molar-refractivity contribution in [2.75, 3.05) is 5.75 Å². The first-order valence-corrected chi connectivity index (χ1v) is 12.4. The third-order valence-corrected chi connectivity index (χ3v) is 7.54. The summed E-state index contributed by atoms with van der Waals surface area (Å²) in [6.45, 7) is 0. The van der Waals surface area contributed by atoms with Crippen LogP contribution in [0.4, 0.5) is 0 Å². The molecule has 5 rings (SSSR count). The van der Waals surface area contributed by atoms with Gasteiger partial charge in [-0.25, -0.2) is 4.79 Å². The van der Waals surface area contributed by atoms with Gasteiger partial charge in [0.15, 0.2) is 11.9 Å². The number of hydrogen-bond acceptors (Lipinski definition) is 6. The predicted octanol–water partition coefficient (Wildman–Crippen LogP) is 4.09. The van der Waals surface area contributed by atoms with Crippen LogP contribution in [-0.4, -0.2) is 39.7 Å². The average molecular weight is 485 g/mol. The Morgan fingerprint density at radius 2 is 1.46 bits per heavy atom. The van der Waals surface area contributed by atoms with Crippen LogP contribution >= 0.6 is 11.8 Å². The molecule has 2 aliphatic rings. The van der Waals surface area contributed by atoms with Crippen molar-refractivity contribution in [1.29, 1.82) is 0 Å². The zero-order chi connectivity index (χ0) is 24.4. The molecule has 2 heterocycles. The van der Waals surface area contributed by atoms with E-state index in [0.29, 0.717) is 16.9 Å². The maximum Gasteiger partial charge on any atom is 0.356 e. The van der Waals surface area contributed by atoms with Gasteiger partial charge in [-0.1, -0.05) is 91.0 Å². The van der Waals surface area contributed by atoms with Crippen molar-refractivity contribution in [3.05, 3.63) is 119 Å². The number of fused-ring (bicyclic) bond motifs is 1. The molecule has 3 aromatic carbocycles. The fourth-order valence-electron chi connectivity index (χ4n) is 4.37. The molecule has 0 spiro atoms. The summed E-state index contributed by atoms with van der Waals surface area (Å²) in [6.07, 6.45) is -0.643. The quantitative estimate of drug-likeness (QED) is 0.309. The third kappa shape index (κ3) is 4.52. The lowest BCUT2D eigenvalue weighted by molar-refractivity contribution is -0.153. The second-order valence-corrected chi connectivity index (χ2v) is 9.57. The van der Waals surface area contributed by atoms with Crippen LogP contribution in [0.15, 0.2) is 102 Å². The van der Waals surface area contributed by atoms with E-state index < -0.39 is 18.1 Å². The number of ether oxygens (including phenoxy) is 1. The van der Waals surface area contributed by atoms with Gasteiger partial charge in [0.25, 0.3) is 0 Å². The summed E-state index contributed by atoms with van der Waals surface area (Å²) in [6, 6.07) is 27.1. The van der Waals surface area contributed by atoms with Crippen LogP contribution in [0, 0.1) is 0 Å². The Balaban J connectivity index is 1.50. The van der Waals surface area contributed by atoms with Crippen LogP contribution in [-0.2, 0) is 14.3 Å². The van der Waals surface area contributed by atoms with Gasteiger partial charge in [0, 0.05) is 17.7 Å². The van der Waals surface area contributed by atoms with Gasteiger partial charge < -0.3 is 10.5 Å². The van der Waals surface area contributed by atoms with Gasteiger partial charge in [-0.05, 0) is 16.7 Å². The molecule has 1 fully saturated rings. The Morgan fingerprint density at radius 3 is 2.03 bits per heavy atom. The summed E-state index contributed by atoms with van der Waals surface area (Å²) < 4.78 is 6.06. The Kier molecular flexibility index (Phi) is 6.53. The molecule has 0 bridgehead atoms. The number of carbonyl (C=O) groups is 3. The molecule has 3 aromatic rings. The van der Waals surface area contributed by atoms with Gasteiger partial charge >= 0.3 is 5.97 Å². The molecular formula is C28H24N2O4S. The molecule has 2 aliphatic heterocycles. The topological polar surface area (TPSA) is 89.7 Å². The first kappa shape index (κ1) is 23.1. The van der Waals surface area contributed by atoms with Crippen molar-refractivity contribution in [2.45, 2.75) is 23.9 Å². The molecule has 0 radical (unpaired) electrons. The predicted molar refractivity (Wildman–Crippen MR) is 134 cm³/mol. The first-order chi connectivity index (χ1) is 17.0. The number of ketones is 1. The number of thioether (sulfide) groups is 1. The molecule has 6 nitrogen and oxygen atoms in total. The zero-order valence-corrected chi connectivity index (χ0v) is 19.7. The minimum Gasteiger partial charge on any atom is -0.448 e. The lowest BCUT2D eigenvalue weighted by Crippen LogP contribution is -2.68. The van der Waals surface area contributed by atoms with Crippen LogP contribution in [0.3, 0.4) is 0 Å². The van der Waals surface area contributed by atoms with E-state index >= 15 is 0 Å². The molecule has 7 heteroatoms. The number of amides is 1. The normalized spacial score (nSPS) is 19.3. The van der Waals surface area contributed by atoms with Crippen LogP contribution in [0.25, 0.3) is 0 Å². The summed E-state index contributed by atoms with van der Waals surface area (Å²) in [5.41, 5.74) is 8.89. The van der Waals surface area contributed by atoms with Crippen LogP contribution in [0.5, 0.6) is 0 Å². The molecule has 0 aromatic heterocycles. The smallest absolute Gasteiger partial charge is 0.356 e. The lowest BCUT2D eigenvalue weighted by Gasteiger charge is -2.48. The van der Waals surface area contributed by atoms with Gasteiger partial charge in [-0.15, -0.1) is 11.8 Å². The highest BCUT2D eigenvalue weighted by Crippen LogP contribution is 2.41. The molecule has 2 atom stereocenters. The van der Waals surface area contributed by atoms with E-state index in [-0.39, 0.29) is 29.2 Å². The highest BCUT2D eigenvalue weighted by Gasteiger charge is 2.52. The molecule has 176 valence electrons. The number of β-lactam (4-membered cyclic amide) rings is 1. The molecular weight excluding hydrogens is 460 g/mol. The average Bonchev–Trinajstić information content (AvgIpc) is 2.92. The van der Waals surface area contributed by atoms with Gasteiger partial charge in [0.05, 0.1) is 0 Å². The number of Topliss-reactive ketones (excluding diaryl/α,β-unsaturated/α-hetero) is 1. The number of carbonyl (C=O) groups excluding carboxylic acids is 3. The van der Waals surface area contributed by atoms with Crippen LogP contribution < -0.4 is 5.73 Å². The molecule has 2 N–H and O–H groups in total. The number of nitrogens with two attached hydrogens (primary N) is 1. The fraction of sp³-hybridized carbons (Fsp3) is 0.179. The molecule has 0 saturated carbocycles. The maximum atomic E-state index is 13.7. The van der Waals surface area contributed by atoms with Crippen molar-refractivity contribution in [2.24, 2.45) is 5.73 Å². The molecule has 1 amide bonds. The number of esters is 1. The highest BCUT2D eigenvalue weighted by molar-refractivity contribution is 8.00. The summed E-state index contributed by atoms with van der Waals surface area (Å²) in [5.74, 6) is -0.671. The summed E-state index contributed by atoms with van der Waals surface area (Å²) in [5, 5.41) is -0.340. The summed E-state index contributed by atoms with van der Waals surface area (Å²) in [4.78, 5) is 40.8. The SMILES string of the molecule is NC1C(=O)N2C(C(=O)OC(c3ccccc3)c3ccccc3)=C(CC(=O)c3ccccc3)CSC12. The van der Waals surface area contributed by atoms with Crippen molar-refractivity contribution < 1.29 is 19.1 Å². The monoisotopic (exact) mass is 484 g/mol. The minimum atomic E-state index is -0.673. The second kappa shape index (κ2) is 9.90. The number of hydrogen-bond donors (Lipinski definition) is 1. The van der Waals surface area contributed by atoms with Gasteiger partial charge in [0.2, 0.25) is 5.91 Å². The van der Waals surface area contributed by atoms with E-state index in [1.165, 1.54) is 16.7 Å². The van der Waals surface area contributed by atoms with Crippen molar-refractivity contribution >= 4 is 29.4 Å². The molecule has 1 saturated heterocycles. The van der Waals surface area contributed by atoms with Gasteiger partial charge in [-0.2, -0.15) is 0 Å². The lowest BCUT2D eigenvalue weighted by atomic mass is 9.98. The molecule has 2 unspecified atom stereocenters. The van der Waals surface area contributed by atoms with Crippen molar-refractivity contribution in [3.8, 4) is 0 Å². The Hall–Kier alpha value is -3.68. The van der Waals surface area contributed by atoms with Crippen molar-refractivity contribution in [3.63, 3.8) is 0 Å². The number of benzene rings is 3. The number of rotatable bonds is 7. The second-order valence-electron chi connectivity index (χ2n) is 8.46. The van der Waals surface area contributed by atoms with Gasteiger partial charge in [-0.3, -0.25) is 14.5 Å². The standard InChI is InChI=1S/C28H24N2O4S/c29-23-26(32)30-24(21(17-35-27(23)30)16-22(31)18-10-4-1-5-11-18)28(33)34-25(19-12-6-2-7-13-19)20-14-8-3-9-15-20/h1-15,23,25,27H,16-17,29H2. The van der Waals surface area contributed by atoms with E-state index in [0.717, 1.165) is 11.1 Å². The van der Waals surface area contributed by atoms with Crippen LogP contribution in [0.1, 0.15) is 34.0 Å². The zero-order valence-electron chi connectivity index (χ0n) is 18.9. The third-order valence-electron chi connectivity index (χ3n) is 6.18. The molecule has 0 aliphatic carbocycles. The maximum absolute atomic E-state index is 13.7. The Labute approximate surface area is 207 Å². The van der Waals surface area contributed by atoms with Crippen LogP contribution in [0.2, 0.25) is 0 Å². The summed E-state index contributed by atoms with van der Waals surface area (Å²) >= 11 is 1.47. The Bertz CT molecular complexity index is 1240. The van der Waals surface area contributed by atoms with E-state index in [4.69, 9.17) is 10.5 Å². The molecule has 35 heavy (non-hydrogen) atoms. The Morgan fingerprint density at radius 1 is 0.914 bits per heavy atom. The van der Waals surface area contributed by atoms with Crippen molar-refractivity contribution in [1.82, 2.24) is 4.90 Å². The minimum absolute atomic E-state index is 0.0223. The van der Waals surface area contributed by atoms with E-state index in [1.807, 2.05) is 66.7 Å². The fourth-order valence-corrected chi connectivity index (χ4v) is 5.66. The van der Waals surface area contributed by atoms with E-state index in [1.54, 1.807) is 24.3 Å². The summed E-state index contributed by atoms with van der Waals surface area (Å²) in [7, 11) is 0. The number of nitrogens with zero attached hydrogens (tertiary/aromatic N) is 1. The first-order valence-electron chi connectivity index (χ1n) is 11.4. The van der Waals surface area contributed by atoms with E-state index in [9.17, 15) is 14.4 Å². The largest absolute Gasteiger partial charge is 0.448 e.